The first-order valence-corrected chi connectivity index (χ1v) is 7.22. The highest BCUT2D eigenvalue weighted by atomic mass is 15.2. The van der Waals surface area contributed by atoms with Gasteiger partial charge in [-0.2, -0.15) is 0 Å². The molecule has 2 aliphatic rings. The van der Waals surface area contributed by atoms with Gasteiger partial charge >= 0.3 is 0 Å². The van der Waals surface area contributed by atoms with Crippen LogP contribution in [0.15, 0.2) is 30.3 Å². The van der Waals surface area contributed by atoms with Crippen molar-refractivity contribution in [3.8, 4) is 0 Å². The molecule has 2 N–H and O–H groups in total. The maximum atomic E-state index is 6.37. The lowest BCUT2D eigenvalue weighted by Gasteiger charge is -2.53. The number of piperidine rings is 1. The van der Waals surface area contributed by atoms with Crippen LogP contribution < -0.4 is 5.73 Å². The van der Waals surface area contributed by atoms with Crippen molar-refractivity contribution in [2.75, 3.05) is 6.54 Å². The molecule has 2 heteroatoms. The Bertz CT molecular complexity index is 397. The van der Waals surface area contributed by atoms with Gasteiger partial charge in [-0.15, -0.1) is 0 Å². The van der Waals surface area contributed by atoms with E-state index in [2.05, 4.69) is 42.2 Å². The summed E-state index contributed by atoms with van der Waals surface area (Å²) in [6.07, 6.45) is 5.41. The van der Waals surface area contributed by atoms with Gasteiger partial charge in [-0.3, -0.25) is 4.90 Å². The highest BCUT2D eigenvalue weighted by Crippen LogP contribution is 2.48. The summed E-state index contributed by atoms with van der Waals surface area (Å²) >= 11 is 0. The van der Waals surface area contributed by atoms with E-state index >= 15 is 0 Å². The first-order chi connectivity index (χ1) is 8.69. The van der Waals surface area contributed by atoms with E-state index in [1.807, 2.05) is 0 Å². The lowest BCUT2D eigenvalue weighted by molar-refractivity contribution is -0.0223. The van der Waals surface area contributed by atoms with Crippen LogP contribution in [0.3, 0.4) is 0 Å². The number of nitrogens with two attached hydrogens (primary N) is 1. The lowest BCUT2D eigenvalue weighted by Crippen LogP contribution is -2.59. The van der Waals surface area contributed by atoms with Gasteiger partial charge in [0, 0.05) is 25.2 Å². The van der Waals surface area contributed by atoms with Gasteiger partial charge in [0.1, 0.15) is 0 Å². The fourth-order valence-electron chi connectivity index (χ4n) is 3.64. The van der Waals surface area contributed by atoms with Gasteiger partial charge in [0.05, 0.1) is 0 Å². The number of hydrogen-bond donors (Lipinski definition) is 1. The summed E-state index contributed by atoms with van der Waals surface area (Å²) < 4.78 is 0. The monoisotopic (exact) mass is 244 g/mol. The summed E-state index contributed by atoms with van der Waals surface area (Å²) in [6.45, 7) is 4.59. The Balaban J connectivity index is 1.73. The molecule has 0 radical (unpaired) electrons. The van der Waals surface area contributed by atoms with E-state index in [1.165, 1.54) is 37.8 Å². The van der Waals surface area contributed by atoms with E-state index in [-0.39, 0.29) is 0 Å². The Hall–Kier alpha value is -0.860. The first kappa shape index (κ1) is 12.2. The zero-order valence-electron chi connectivity index (χ0n) is 11.3. The summed E-state index contributed by atoms with van der Waals surface area (Å²) in [5, 5.41) is 0. The molecule has 1 aliphatic carbocycles. The average molecular weight is 244 g/mol. The molecule has 0 amide bonds. The normalized spacial score (nSPS) is 31.2. The van der Waals surface area contributed by atoms with Gasteiger partial charge in [0.15, 0.2) is 0 Å². The molecule has 1 saturated heterocycles. The highest BCUT2D eigenvalue weighted by Gasteiger charge is 2.45. The van der Waals surface area contributed by atoms with E-state index in [9.17, 15) is 0 Å². The zero-order chi connectivity index (χ0) is 12.6. The minimum atomic E-state index is 0.350. The molecule has 1 heterocycles. The number of nitrogens with zero attached hydrogens (tertiary/aromatic N) is 1. The van der Waals surface area contributed by atoms with Crippen molar-refractivity contribution in [2.45, 2.75) is 51.2 Å². The number of hydrogen-bond acceptors (Lipinski definition) is 2. The summed E-state index contributed by atoms with van der Waals surface area (Å²) in [5.74, 6) is 0. The molecule has 98 valence electrons. The smallest absolute Gasteiger partial charge is 0.0237 e. The van der Waals surface area contributed by atoms with Crippen molar-refractivity contribution in [2.24, 2.45) is 11.1 Å². The topological polar surface area (TPSA) is 29.3 Å². The fourth-order valence-corrected chi connectivity index (χ4v) is 3.64. The molecule has 0 unspecified atom stereocenters. The van der Waals surface area contributed by atoms with Gasteiger partial charge in [-0.05, 0) is 37.2 Å². The van der Waals surface area contributed by atoms with Crippen molar-refractivity contribution in [3.63, 3.8) is 0 Å². The van der Waals surface area contributed by atoms with E-state index in [0.717, 1.165) is 6.54 Å². The molecule has 1 aromatic rings. The van der Waals surface area contributed by atoms with Gasteiger partial charge in [-0.1, -0.05) is 36.8 Å². The van der Waals surface area contributed by atoms with Crippen molar-refractivity contribution in [3.05, 3.63) is 35.9 Å². The van der Waals surface area contributed by atoms with Crippen molar-refractivity contribution < 1.29 is 0 Å². The van der Waals surface area contributed by atoms with Gasteiger partial charge < -0.3 is 5.73 Å². The van der Waals surface area contributed by atoms with Crippen molar-refractivity contribution >= 4 is 0 Å². The number of benzene rings is 1. The van der Waals surface area contributed by atoms with Crippen LogP contribution in [0.4, 0.5) is 0 Å². The minimum absolute atomic E-state index is 0.350. The van der Waals surface area contributed by atoms with Gasteiger partial charge in [-0.25, -0.2) is 0 Å². The van der Waals surface area contributed by atoms with Gasteiger partial charge in [0.2, 0.25) is 0 Å². The molecular weight excluding hydrogens is 220 g/mol. The number of rotatable bonds is 2. The Morgan fingerprint density at radius 3 is 2.61 bits per heavy atom. The average Bonchev–Trinajstić information content (AvgIpc) is 2.34. The first-order valence-electron chi connectivity index (χ1n) is 7.22. The molecule has 18 heavy (non-hydrogen) atoms. The SMILES string of the molecule is C[C@@H]1[C@@H](N)CC2(CCC2)CN1Cc1ccccc1. The second-order valence-corrected chi connectivity index (χ2v) is 6.35. The second kappa shape index (κ2) is 4.67. The molecule has 0 bridgehead atoms. The van der Waals surface area contributed by atoms with E-state index in [1.54, 1.807) is 0 Å². The van der Waals surface area contributed by atoms with Crippen molar-refractivity contribution in [1.29, 1.82) is 0 Å². The van der Waals surface area contributed by atoms with Crippen LogP contribution in [-0.4, -0.2) is 23.5 Å². The molecule has 3 rings (SSSR count). The Morgan fingerprint density at radius 1 is 1.28 bits per heavy atom. The summed E-state index contributed by atoms with van der Waals surface area (Å²) in [5.41, 5.74) is 8.33. The molecule has 2 fully saturated rings. The van der Waals surface area contributed by atoms with E-state index in [4.69, 9.17) is 5.73 Å². The van der Waals surface area contributed by atoms with Crippen molar-refractivity contribution in [1.82, 2.24) is 4.90 Å². The Labute approximate surface area is 110 Å². The molecule has 1 aliphatic heterocycles. The maximum absolute atomic E-state index is 6.37. The highest BCUT2D eigenvalue weighted by molar-refractivity contribution is 5.15. The van der Waals surface area contributed by atoms with E-state index < -0.39 is 0 Å². The van der Waals surface area contributed by atoms with Crippen LogP contribution in [0.1, 0.15) is 38.2 Å². The third-order valence-electron chi connectivity index (χ3n) is 5.05. The third-order valence-corrected chi connectivity index (χ3v) is 5.05. The van der Waals surface area contributed by atoms with E-state index in [0.29, 0.717) is 17.5 Å². The second-order valence-electron chi connectivity index (χ2n) is 6.35. The van der Waals surface area contributed by atoms with Gasteiger partial charge in [0.25, 0.3) is 0 Å². The predicted molar refractivity (Wildman–Crippen MR) is 75.2 cm³/mol. The molecular formula is C16H24N2. The molecule has 0 aromatic heterocycles. The lowest BCUT2D eigenvalue weighted by atomic mass is 9.62. The minimum Gasteiger partial charge on any atom is -0.326 e. The summed E-state index contributed by atoms with van der Waals surface area (Å²) in [6, 6.07) is 11.6. The van der Waals surface area contributed by atoms with Crippen LogP contribution in [0, 0.1) is 5.41 Å². The molecule has 1 saturated carbocycles. The third kappa shape index (κ3) is 2.19. The molecule has 1 spiro atoms. The Kier molecular flexibility index (Phi) is 3.16. The quantitative estimate of drug-likeness (QED) is 0.867. The zero-order valence-corrected chi connectivity index (χ0v) is 11.3. The predicted octanol–water partition coefficient (Wildman–Crippen LogP) is 2.78. The van der Waals surface area contributed by atoms with Crippen LogP contribution in [0.2, 0.25) is 0 Å². The number of likely N-dealkylation sites (tertiary alicyclic amines) is 1. The van der Waals surface area contributed by atoms with Crippen LogP contribution in [-0.2, 0) is 6.54 Å². The molecule has 1 aromatic carbocycles. The molecule has 2 nitrogen and oxygen atoms in total. The maximum Gasteiger partial charge on any atom is 0.0237 e. The van der Waals surface area contributed by atoms with Crippen LogP contribution >= 0.6 is 0 Å². The summed E-state index contributed by atoms with van der Waals surface area (Å²) in [7, 11) is 0. The molecule has 2 atom stereocenters. The van der Waals surface area contributed by atoms with Crippen LogP contribution in [0.25, 0.3) is 0 Å². The largest absolute Gasteiger partial charge is 0.326 e. The fraction of sp³-hybridized carbons (Fsp3) is 0.625. The Morgan fingerprint density at radius 2 is 2.00 bits per heavy atom. The van der Waals surface area contributed by atoms with Crippen LogP contribution in [0.5, 0.6) is 0 Å². The standard InChI is InChI=1S/C16H24N2/c1-13-15(17)10-16(8-5-9-16)12-18(13)11-14-6-3-2-4-7-14/h2-4,6-7,13,15H,5,8-12,17H2,1H3/t13-,15+/m1/s1. The summed E-state index contributed by atoms with van der Waals surface area (Å²) in [4.78, 5) is 2.60.